The molecule has 1 aromatic carbocycles. The second-order valence-corrected chi connectivity index (χ2v) is 5.19. The quantitative estimate of drug-likeness (QED) is 0.873. The smallest absolute Gasteiger partial charge is 0.0639 e. The molecule has 2 atom stereocenters. The summed E-state index contributed by atoms with van der Waals surface area (Å²) in [6.07, 6.45) is 0. The summed E-state index contributed by atoms with van der Waals surface area (Å²) in [6, 6.07) is 8.89. The van der Waals surface area contributed by atoms with Gasteiger partial charge in [-0.05, 0) is 26.1 Å². The number of anilines is 1. The highest BCUT2D eigenvalue weighted by molar-refractivity contribution is 6.33. The van der Waals surface area contributed by atoms with E-state index >= 15 is 0 Å². The molecule has 1 aromatic rings. The highest BCUT2D eigenvalue weighted by atomic mass is 35.5. The lowest BCUT2D eigenvalue weighted by Crippen LogP contribution is -2.58. The summed E-state index contributed by atoms with van der Waals surface area (Å²) in [7, 11) is 2.14. The number of nitrogens with zero attached hydrogens (tertiary/aromatic N) is 2. The molecule has 1 fully saturated rings. The van der Waals surface area contributed by atoms with E-state index < -0.39 is 0 Å². The van der Waals surface area contributed by atoms with Gasteiger partial charge in [0.2, 0.25) is 0 Å². The van der Waals surface area contributed by atoms with Crippen molar-refractivity contribution in [2.75, 3.05) is 31.6 Å². The molecular formula is C13H20ClN3. The van der Waals surface area contributed by atoms with Crippen LogP contribution in [0.1, 0.15) is 6.92 Å². The molecule has 1 aliphatic heterocycles. The van der Waals surface area contributed by atoms with Gasteiger partial charge in [-0.25, -0.2) is 0 Å². The van der Waals surface area contributed by atoms with Gasteiger partial charge in [-0.3, -0.25) is 4.90 Å². The molecule has 2 unspecified atom stereocenters. The van der Waals surface area contributed by atoms with Gasteiger partial charge >= 0.3 is 0 Å². The first-order valence-electron chi connectivity index (χ1n) is 6.05. The minimum absolute atomic E-state index is 0.405. The van der Waals surface area contributed by atoms with Crippen LogP contribution in [0.4, 0.5) is 5.69 Å². The molecule has 0 radical (unpaired) electrons. The molecule has 1 aliphatic rings. The Labute approximate surface area is 108 Å². The van der Waals surface area contributed by atoms with E-state index in [2.05, 4.69) is 29.8 Å². The Hall–Kier alpha value is -0.770. The zero-order chi connectivity index (χ0) is 12.4. The maximum absolute atomic E-state index is 6.26. The van der Waals surface area contributed by atoms with Crippen LogP contribution in [0.25, 0.3) is 0 Å². The summed E-state index contributed by atoms with van der Waals surface area (Å²) in [5, 5.41) is 0.819. The van der Waals surface area contributed by atoms with Crippen molar-refractivity contribution in [1.29, 1.82) is 0 Å². The second-order valence-electron chi connectivity index (χ2n) is 4.78. The SMILES string of the molecule is CC1CN(C)C(CN)CN1c1ccccc1Cl. The fourth-order valence-electron chi connectivity index (χ4n) is 2.49. The molecule has 3 nitrogen and oxygen atoms in total. The molecule has 94 valence electrons. The molecule has 2 N–H and O–H groups in total. The molecule has 1 heterocycles. The van der Waals surface area contributed by atoms with E-state index in [1.165, 1.54) is 0 Å². The van der Waals surface area contributed by atoms with Crippen LogP contribution in [0.2, 0.25) is 5.02 Å². The van der Waals surface area contributed by atoms with E-state index in [4.69, 9.17) is 17.3 Å². The molecule has 0 aromatic heterocycles. The van der Waals surface area contributed by atoms with E-state index in [0.29, 0.717) is 18.6 Å². The molecular weight excluding hydrogens is 234 g/mol. The Morgan fingerprint density at radius 1 is 1.35 bits per heavy atom. The molecule has 4 heteroatoms. The average molecular weight is 254 g/mol. The van der Waals surface area contributed by atoms with E-state index in [0.717, 1.165) is 23.8 Å². The minimum Gasteiger partial charge on any atom is -0.365 e. The molecule has 1 saturated heterocycles. The Balaban J connectivity index is 2.23. The van der Waals surface area contributed by atoms with Gasteiger partial charge in [-0.2, -0.15) is 0 Å². The third kappa shape index (κ3) is 2.57. The molecule has 0 amide bonds. The van der Waals surface area contributed by atoms with Crippen LogP contribution in [0.5, 0.6) is 0 Å². The summed E-state index contributed by atoms with van der Waals surface area (Å²) in [5.41, 5.74) is 6.93. The van der Waals surface area contributed by atoms with Crippen molar-refractivity contribution in [1.82, 2.24) is 4.90 Å². The number of nitrogens with two attached hydrogens (primary N) is 1. The normalized spacial score (nSPS) is 26.2. The average Bonchev–Trinajstić information content (AvgIpc) is 2.31. The predicted octanol–water partition coefficient (Wildman–Crippen LogP) is 1.81. The van der Waals surface area contributed by atoms with Crippen LogP contribution in [-0.4, -0.2) is 43.7 Å². The number of benzene rings is 1. The topological polar surface area (TPSA) is 32.5 Å². The van der Waals surface area contributed by atoms with Crippen LogP contribution >= 0.6 is 11.6 Å². The summed E-state index contributed by atoms with van der Waals surface area (Å²) < 4.78 is 0. The molecule has 17 heavy (non-hydrogen) atoms. The van der Waals surface area contributed by atoms with Crippen molar-refractivity contribution in [3.05, 3.63) is 29.3 Å². The Bertz CT molecular complexity index is 383. The second kappa shape index (κ2) is 5.25. The van der Waals surface area contributed by atoms with Crippen LogP contribution < -0.4 is 10.6 Å². The highest BCUT2D eigenvalue weighted by Gasteiger charge is 2.29. The van der Waals surface area contributed by atoms with Crippen LogP contribution in [-0.2, 0) is 0 Å². The largest absolute Gasteiger partial charge is 0.365 e. The lowest BCUT2D eigenvalue weighted by molar-refractivity contribution is 0.197. The van der Waals surface area contributed by atoms with Crippen LogP contribution in [0.3, 0.4) is 0 Å². The summed E-state index contributed by atoms with van der Waals surface area (Å²) in [6.45, 7) is 4.88. The minimum atomic E-state index is 0.405. The predicted molar refractivity (Wildman–Crippen MR) is 73.7 cm³/mol. The van der Waals surface area contributed by atoms with Crippen molar-refractivity contribution >= 4 is 17.3 Å². The maximum atomic E-state index is 6.26. The number of hydrogen-bond acceptors (Lipinski definition) is 3. The standard InChI is InChI=1S/C13H20ClN3/c1-10-8-16(2)11(7-15)9-17(10)13-6-4-3-5-12(13)14/h3-6,10-11H,7-9,15H2,1-2H3. The number of hydrogen-bond donors (Lipinski definition) is 1. The van der Waals surface area contributed by atoms with Gasteiger partial charge in [-0.15, -0.1) is 0 Å². The van der Waals surface area contributed by atoms with E-state index in [-0.39, 0.29) is 0 Å². The van der Waals surface area contributed by atoms with Gasteiger partial charge < -0.3 is 10.6 Å². The van der Waals surface area contributed by atoms with Gasteiger partial charge in [0.25, 0.3) is 0 Å². The molecule has 0 saturated carbocycles. The van der Waals surface area contributed by atoms with Crippen molar-refractivity contribution in [3.63, 3.8) is 0 Å². The van der Waals surface area contributed by atoms with E-state index in [1.54, 1.807) is 0 Å². The Morgan fingerprint density at radius 3 is 2.71 bits per heavy atom. The summed E-state index contributed by atoms with van der Waals surface area (Å²) in [4.78, 5) is 4.69. The van der Waals surface area contributed by atoms with E-state index in [9.17, 15) is 0 Å². The lowest BCUT2D eigenvalue weighted by atomic mass is 10.1. The number of piperazine rings is 1. The fourth-order valence-corrected chi connectivity index (χ4v) is 2.73. The van der Waals surface area contributed by atoms with Gasteiger partial charge in [-0.1, -0.05) is 23.7 Å². The lowest BCUT2D eigenvalue weighted by Gasteiger charge is -2.45. The molecule has 2 rings (SSSR count). The third-order valence-corrected chi connectivity index (χ3v) is 3.87. The Kier molecular flexibility index (Phi) is 3.92. The van der Waals surface area contributed by atoms with Crippen LogP contribution in [0, 0.1) is 0 Å². The number of para-hydroxylation sites is 1. The summed E-state index contributed by atoms with van der Waals surface area (Å²) >= 11 is 6.26. The number of likely N-dealkylation sites (N-methyl/N-ethyl adjacent to an activating group) is 1. The molecule has 0 aliphatic carbocycles. The molecule has 0 spiro atoms. The van der Waals surface area contributed by atoms with Crippen molar-refractivity contribution in [3.8, 4) is 0 Å². The zero-order valence-corrected chi connectivity index (χ0v) is 11.2. The van der Waals surface area contributed by atoms with Gasteiger partial charge in [0.05, 0.1) is 10.7 Å². The van der Waals surface area contributed by atoms with Gasteiger partial charge in [0.15, 0.2) is 0 Å². The van der Waals surface area contributed by atoms with Crippen molar-refractivity contribution in [2.45, 2.75) is 19.0 Å². The fraction of sp³-hybridized carbons (Fsp3) is 0.538. The Morgan fingerprint density at radius 2 is 2.06 bits per heavy atom. The molecule has 0 bridgehead atoms. The first-order valence-corrected chi connectivity index (χ1v) is 6.42. The first kappa shape index (κ1) is 12.7. The first-order chi connectivity index (χ1) is 8.13. The highest BCUT2D eigenvalue weighted by Crippen LogP contribution is 2.29. The van der Waals surface area contributed by atoms with Gasteiger partial charge in [0.1, 0.15) is 0 Å². The number of rotatable bonds is 2. The zero-order valence-electron chi connectivity index (χ0n) is 10.4. The van der Waals surface area contributed by atoms with Crippen molar-refractivity contribution in [2.24, 2.45) is 5.73 Å². The van der Waals surface area contributed by atoms with Crippen molar-refractivity contribution < 1.29 is 0 Å². The summed E-state index contributed by atoms with van der Waals surface area (Å²) in [5.74, 6) is 0. The number of halogens is 1. The third-order valence-electron chi connectivity index (χ3n) is 3.55. The van der Waals surface area contributed by atoms with Crippen LogP contribution in [0.15, 0.2) is 24.3 Å². The maximum Gasteiger partial charge on any atom is 0.0639 e. The monoisotopic (exact) mass is 253 g/mol. The van der Waals surface area contributed by atoms with E-state index in [1.807, 2.05) is 18.2 Å². The van der Waals surface area contributed by atoms with Gasteiger partial charge in [0, 0.05) is 31.7 Å².